The zero-order valence-electron chi connectivity index (χ0n) is 11.9. The van der Waals surface area contributed by atoms with E-state index in [2.05, 4.69) is 36.4 Å². The number of nitrogens with one attached hydrogen (secondary N) is 1. The van der Waals surface area contributed by atoms with E-state index in [4.69, 9.17) is 11.6 Å². The number of hydrogen-bond donors (Lipinski definition) is 1. The Balaban J connectivity index is 2.02. The first-order valence-corrected chi connectivity index (χ1v) is 6.83. The van der Waals surface area contributed by atoms with Crippen LogP contribution in [0.2, 0.25) is 5.02 Å². The topological polar surface area (TPSA) is 29.9 Å². The van der Waals surface area contributed by atoms with Crippen molar-refractivity contribution < 1.29 is 0 Å². The van der Waals surface area contributed by atoms with E-state index in [0.717, 1.165) is 17.1 Å². The zero-order valence-corrected chi connectivity index (χ0v) is 12.6. The molecule has 1 aromatic heterocycles. The standard InChI is InChI=1S/C15H20ClN3/c1-10-5-6-13(7-15(10)16)8-17-11(2)14-9-18-19(4)12(14)3/h5-7,9,11,17H,8H2,1-4H3/t11-/m0/s1. The van der Waals surface area contributed by atoms with Gasteiger partial charge in [0.15, 0.2) is 0 Å². The van der Waals surface area contributed by atoms with Gasteiger partial charge in [0.2, 0.25) is 0 Å². The maximum atomic E-state index is 6.13. The largest absolute Gasteiger partial charge is 0.306 e. The summed E-state index contributed by atoms with van der Waals surface area (Å²) < 4.78 is 1.90. The summed E-state index contributed by atoms with van der Waals surface area (Å²) in [5.74, 6) is 0. The predicted octanol–water partition coefficient (Wildman–Crippen LogP) is 3.54. The van der Waals surface area contributed by atoms with Crippen molar-refractivity contribution in [3.63, 3.8) is 0 Å². The summed E-state index contributed by atoms with van der Waals surface area (Å²) in [6.07, 6.45) is 1.93. The van der Waals surface area contributed by atoms with Gasteiger partial charge < -0.3 is 5.32 Å². The number of rotatable bonds is 4. The van der Waals surface area contributed by atoms with Crippen molar-refractivity contribution in [1.29, 1.82) is 0 Å². The van der Waals surface area contributed by atoms with E-state index in [9.17, 15) is 0 Å². The van der Waals surface area contributed by atoms with Gasteiger partial charge in [-0.2, -0.15) is 5.10 Å². The Morgan fingerprint density at radius 1 is 1.37 bits per heavy atom. The fourth-order valence-electron chi connectivity index (χ4n) is 2.07. The molecule has 0 saturated heterocycles. The fourth-order valence-corrected chi connectivity index (χ4v) is 2.27. The molecular formula is C15H20ClN3. The molecule has 2 aromatic rings. The first-order valence-electron chi connectivity index (χ1n) is 6.46. The highest BCUT2D eigenvalue weighted by atomic mass is 35.5. The van der Waals surface area contributed by atoms with Gasteiger partial charge in [-0.3, -0.25) is 4.68 Å². The summed E-state index contributed by atoms with van der Waals surface area (Å²) in [5, 5.41) is 8.60. The molecule has 102 valence electrons. The smallest absolute Gasteiger partial charge is 0.0540 e. The van der Waals surface area contributed by atoms with Gasteiger partial charge in [-0.15, -0.1) is 0 Å². The van der Waals surface area contributed by atoms with Crippen LogP contribution in [-0.2, 0) is 13.6 Å². The lowest BCUT2D eigenvalue weighted by Crippen LogP contribution is -2.18. The van der Waals surface area contributed by atoms with Crippen LogP contribution in [0.3, 0.4) is 0 Å². The lowest BCUT2D eigenvalue weighted by molar-refractivity contribution is 0.570. The Labute approximate surface area is 119 Å². The summed E-state index contributed by atoms with van der Waals surface area (Å²) in [6, 6.07) is 6.46. The van der Waals surface area contributed by atoms with Crippen molar-refractivity contribution in [1.82, 2.24) is 15.1 Å². The second kappa shape index (κ2) is 5.76. The van der Waals surface area contributed by atoms with E-state index in [-0.39, 0.29) is 6.04 Å². The molecule has 1 heterocycles. The maximum Gasteiger partial charge on any atom is 0.0540 e. The van der Waals surface area contributed by atoms with Crippen LogP contribution in [0.5, 0.6) is 0 Å². The van der Waals surface area contributed by atoms with Crippen molar-refractivity contribution in [2.24, 2.45) is 7.05 Å². The van der Waals surface area contributed by atoms with Crippen LogP contribution in [-0.4, -0.2) is 9.78 Å². The van der Waals surface area contributed by atoms with Crippen molar-refractivity contribution in [2.75, 3.05) is 0 Å². The monoisotopic (exact) mass is 277 g/mol. The quantitative estimate of drug-likeness (QED) is 0.926. The second-order valence-corrected chi connectivity index (χ2v) is 5.40. The summed E-state index contributed by atoms with van der Waals surface area (Å²) in [6.45, 7) is 7.06. The molecule has 0 fully saturated rings. The third-order valence-corrected chi connectivity index (χ3v) is 4.00. The van der Waals surface area contributed by atoms with Gasteiger partial charge in [-0.25, -0.2) is 0 Å². The minimum atomic E-state index is 0.272. The van der Waals surface area contributed by atoms with Gasteiger partial charge in [0, 0.05) is 35.9 Å². The minimum Gasteiger partial charge on any atom is -0.306 e. The number of hydrogen-bond acceptors (Lipinski definition) is 2. The van der Waals surface area contributed by atoms with Crippen LogP contribution in [0.25, 0.3) is 0 Å². The molecular weight excluding hydrogens is 258 g/mol. The van der Waals surface area contributed by atoms with Gasteiger partial charge in [-0.05, 0) is 38.0 Å². The molecule has 1 atom stereocenters. The minimum absolute atomic E-state index is 0.272. The highest BCUT2D eigenvalue weighted by molar-refractivity contribution is 6.31. The SMILES string of the molecule is Cc1ccc(CN[C@@H](C)c2cnn(C)c2C)cc1Cl. The number of halogens is 1. The predicted molar refractivity (Wildman–Crippen MR) is 79.4 cm³/mol. The van der Waals surface area contributed by atoms with Crippen molar-refractivity contribution in [3.05, 3.63) is 51.8 Å². The number of nitrogens with zero attached hydrogens (tertiary/aromatic N) is 2. The molecule has 0 amide bonds. The Morgan fingerprint density at radius 2 is 2.11 bits per heavy atom. The van der Waals surface area contributed by atoms with E-state index in [1.54, 1.807) is 0 Å². The van der Waals surface area contributed by atoms with E-state index in [1.165, 1.54) is 16.8 Å². The van der Waals surface area contributed by atoms with Gasteiger partial charge in [0.05, 0.1) is 6.20 Å². The number of benzene rings is 1. The fraction of sp³-hybridized carbons (Fsp3) is 0.400. The van der Waals surface area contributed by atoms with Crippen molar-refractivity contribution >= 4 is 11.6 Å². The Kier molecular flexibility index (Phi) is 4.27. The molecule has 0 bridgehead atoms. The molecule has 4 heteroatoms. The molecule has 0 aliphatic rings. The van der Waals surface area contributed by atoms with E-state index in [1.807, 2.05) is 30.9 Å². The lowest BCUT2D eigenvalue weighted by atomic mass is 10.1. The highest BCUT2D eigenvalue weighted by Crippen LogP contribution is 2.19. The normalized spacial score (nSPS) is 12.7. The first kappa shape index (κ1) is 14.1. The Morgan fingerprint density at radius 3 is 2.68 bits per heavy atom. The van der Waals surface area contributed by atoms with Crippen LogP contribution in [0.15, 0.2) is 24.4 Å². The van der Waals surface area contributed by atoms with Gasteiger partial charge in [-0.1, -0.05) is 23.7 Å². The highest BCUT2D eigenvalue weighted by Gasteiger charge is 2.11. The van der Waals surface area contributed by atoms with Crippen LogP contribution in [0.4, 0.5) is 0 Å². The molecule has 1 N–H and O–H groups in total. The summed E-state index contributed by atoms with van der Waals surface area (Å²) >= 11 is 6.13. The summed E-state index contributed by atoms with van der Waals surface area (Å²) in [7, 11) is 1.96. The van der Waals surface area contributed by atoms with Gasteiger partial charge in [0.25, 0.3) is 0 Å². The molecule has 0 saturated carbocycles. The van der Waals surface area contributed by atoms with Gasteiger partial charge in [0.1, 0.15) is 0 Å². The maximum absolute atomic E-state index is 6.13. The van der Waals surface area contributed by atoms with E-state index < -0.39 is 0 Å². The van der Waals surface area contributed by atoms with E-state index in [0.29, 0.717) is 0 Å². The summed E-state index contributed by atoms with van der Waals surface area (Å²) in [5.41, 5.74) is 4.74. The first-order chi connectivity index (χ1) is 8.99. The second-order valence-electron chi connectivity index (χ2n) is 5.00. The Bertz CT molecular complexity index is 575. The van der Waals surface area contributed by atoms with Crippen LogP contribution < -0.4 is 5.32 Å². The molecule has 19 heavy (non-hydrogen) atoms. The van der Waals surface area contributed by atoms with Crippen molar-refractivity contribution in [2.45, 2.75) is 33.4 Å². The molecule has 3 nitrogen and oxygen atoms in total. The van der Waals surface area contributed by atoms with Crippen LogP contribution in [0, 0.1) is 13.8 Å². The molecule has 1 aromatic carbocycles. The summed E-state index contributed by atoms with van der Waals surface area (Å²) in [4.78, 5) is 0. The Hall–Kier alpha value is -1.32. The molecule has 0 aliphatic carbocycles. The molecule has 0 radical (unpaired) electrons. The number of aryl methyl sites for hydroxylation is 2. The molecule has 2 rings (SSSR count). The van der Waals surface area contributed by atoms with E-state index >= 15 is 0 Å². The van der Waals surface area contributed by atoms with Gasteiger partial charge >= 0.3 is 0 Å². The molecule has 0 spiro atoms. The average Bonchev–Trinajstić information content (AvgIpc) is 2.71. The number of aromatic nitrogens is 2. The third kappa shape index (κ3) is 3.17. The third-order valence-electron chi connectivity index (χ3n) is 3.59. The zero-order chi connectivity index (χ0) is 14.0. The molecule has 0 aliphatic heterocycles. The van der Waals surface area contributed by atoms with Crippen molar-refractivity contribution in [3.8, 4) is 0 Å². The van der Waals surface area contributed by atoms with Crippen LogP contribution in [0.1, 0.15) is 35.3 Å². The average molecular weight is 278 g/mol. The van der Waals surface area contributed by atoms with Crippen LogP contribution >= 0.6 is 11.6 Å². The molecule has 0 unspecified atom stereocenters. The lowest BCUT2D eigenvalue weighted by Gasteiger charge is -2.14.